The van der Waals surface area contributed by atoms with Crippen molar-refractivity contribution in [1.82, 2.24) is 25.9 Å². The third kappa shape index (κ3) is 4.12. The highest BCUT2D eigenvalue weighted by Gasteiger charge is 2.14. The van der Waals surface area contributed by atoms with Crippen LogP contribution in [0.3, 0.4) is 0 Å². The first-order valence-corrected chi connectivity index (χ1v) is 6.44. The monoisotopic (exact) mass is 285 g/mol. The number of hydrogen-bond acceptors (Lipinski definition) is 5. The van der Waals surface area contributed by atoms with E-state index < -0.39 is 0 Å². The van der Waals surface area contributed by atoms with E-state index in [2.05, 4.69) is 37.8 Å². The van der Waals surface area contributed by atoms with Crippen LogP contribution in [-0.4, -0.2) is 38.2 Å². The van der Waals surface area contributed by atoms with Gasteiger partial charge in [-0.1, -0.05) is 17.1 Å². The van der Waals surface area contributed by atoms with Crippen LogP contribution in [0.1, 0.15) is 41.1 Å². The highest BCUT2D eigenvalue weighted by atomic mass is 16.2. The maximum atomic E-state index is 12.1. The first kappa shape index (κ1) is 14.7. The molecule has 0 saturated carbocycles. The molecule has 0 aliphatic rings. The Labute approximate surface area is 121 Å². The fourth-order valence-corrected chi connectivity index (χ4v) is 1.62. The first-order valence-electron chi connectivity index (χ1n) is 6.44. The first-order chi connectivity index (χ1) is 10.2. The summed E-state index contributed by atoms with van der Waals surface area (Å²) in [6, 6.07) is 6.58. The van der Waals surface area contributed by atoms with E-state index in [0.29, 0.717) is 17.8 Å². The summed E-state index contributed by atoms with van der Waals surface area (Å²) in [7, 11) is 0. The molecule has 2 rings (SSSR count). The highest BCUT2D eigenvalue weighted by molar-refractivity contribution is 5.94. The molecule has 0 spiro atoms. The van der Waals surface area contributed by atoms with E-state index >= 15 is 0 Å². The minimum atomic E-state index is -0.333. The predicted molar refractivity (Wildman–Crippen MR) is 75.1 cm³/mol. The summed E-state index contributed by atoms with van der Waals surface area (Å²) in [5, 5.41) is 24.9. The van der Waals surface area contributed by atoms with Gasteiger partial charge in [-0.25, -0.2) is 0 Å². The van der Waals surface area contributed by atoms with Crippen molar-refractivity contribution in [2.24, 2.45) is 0 Å². The van der Waals surface area contributed by atoms with E-state index in [-0.39, 0.29) is 18.6 Å². The minimum Gasteiger partial charge on any atom is -0.395 e. The van der Waals surface area contributed by atoms with Gasteiger partial charge in [-0.3, -0.25) is 4.79 Å². The highest BCUT2D eigenvalue weighted by Crippen LogP contribution is 2.08. The lowest BCUT2D eigenvalue weighted by Gasteiger charge is -2.09. The molecule has 0 bridgehead atoms. The van der Waals surface area contributed by atoms with Crippen molar-refractivity contribution in [3.8, 4) is 11.8 Å². The smallest absolute Gasteiger partial charge is 0.251 e. The van der Waals surface area contributed by atoms with Crippen molar-refractivity contribution in [2.45, 2.75) is 19.4 Å². The molecule has 1 aromatic carbocycles. The van der Waals surface area contributed by atoms with E-state index in [1.165, 1.54) is 0 Å². The quantitative estimate of drug-likeness (QED) is 0.706. The lowest BCUT2D eigenvalue weighted by atomic mass is 10.1. The Morgan fingerprint density at radius 1 is 1.43 bits per heavy atom. The molecule has 0 saturated heterocycles. The van der Waals surface area contributed by atoms with Crippen LogP contribution in [0.25, 0.3) is 0 Å². The summed E-state index contributed by atoms with van der Waals surface area (Å²) in [5.74, 6) is 5.93. The van der Waals surface area contributed by atoms with Crippen LogP contribution >= 0.6 is 0 Å². The molecular weight excluding hydrogens is 270 g/mol. The summed E-state index contributed by atoms with van der Waals surface area (Å²) in [4.78, 5) is 12.1. The van der Waals surface area contributed by atoms with Gasteiger partial charge in [0, 0.05) is 17.5 Å². The van der Waals surface area contributed by atoms with Gasteiger partial charge in [-0.05, 0) is 31.2 Å². The van der Waals surface area contributed by atoms with E-state index in [0.717, 1.165) is 5.56 Å². The second-order valence-corrected chi connectivity index (χ2v) is 4.32. The number of amides is 1. The van der Waals surface area contributed by atoms with Gasteiger partial charge >= 0.3 is 0 Å². The van der Waals surface area contributed by atoms with Gasteiger partial charge in [-0.15, -0.1) is 10.2 Å². The Hall–Kier alpha value is -2.72. The van der Waals surface area contributed by atoms with Crippen LogP contribution in [0.2, 0.25) is 0 Å². The molecule has 0 aliphatic heterocycles. The molecule has 1 heterocycles. The van der Waals surface area contributed by atoms with Crippen LogP contribution in [0, 0.1) is 11.8 Å². The lowest BCUT2D eigenvalue weighted by molar-refractivity contribution is 0.0938. The number of aromatic nitrogens is 4. The second kappa shape index (κ2) is 7.17. The van der Waals surface area contributed by atoms with E-state index in [4.69, 9.17) is 5.11 Å². The van der Waals surface area contributed by atoms with Gasteiger partial charge in [0.2, 0.25) is 0 Å². The average Bonchev–Trinajstić information content (AvgIpc) is 3.02. The Morgan fingerprint density at radius 3 is 2.81 bits per heavy atom. The van der Waals surface area contributed by atoms with Gasteiger partial charge in [0.15, 0.2) is 5.82 Å². The summed E-state index contributed by atoms with van der Waals surface area (Å²) in [6.07, 6.45) is 0.435. The number of aromatic amines is 1. The zero-order valence-corrected chi connectivity index (χ0v) is 11.5. The number of nitrogens with one attached hydrogen (secondary N) is 2. The topological polar surface area (TPSA) is 104 Å². The molecule has 108 valence electrons. The number of carbonyl (C=O) groups excluding carboxylic acids is 1. The van der Waals surface area contributed by atoms with Crippen LogP contribution in [0.15, 0.2) is 24.3 Å². The average molecular weight is 285 g/mol. The van der Waals surface area contributed by atoms with Gasteiger partial charge in [-0.2, -0.15) is 5.21 Å². The van der Waals surface area contributed by atoms with Gasteiger partial charge < -0.3 is 10.4 Å². The van der Waals surface area contributed by atoms with Crippen LogP contribution < -0.4 is 5.32 Å². The van der Waals surface area contributed by atoms with Crippen LogP contribution in [0.4, 0.5) is 0 Å². The number of rotatable bonds is 4. The van der Waals surface area contributed by atoms with Crippen molar-refractivity contribution in [1.29, 1.82) is 0 Å². The van der Waals surface area contributed by atoms with E-state index in [1.54, 1.807) is 31.2 Å². The zero-order valence-electron chi connectivity index (χ0n) is 11.5. The molecule has 3 N–H and O–H groups in total. The Balaban J connectivity index is 1.98. The molecule has 1 amide bonds. The van der Waals surface area contributed by atoms with Gasteiger partial charge in [0.25, 0.3) is 5.91 Å². The molecule has 7 heteroatoms. The molecule has 1 atom stereocenters. The molecule has 21 heavy (non-hydrogen) atoms. The van der Waals surface area contributed by atoms with Crippen LogP contribution in [0.5, 0.6) is 0 Å². The number of aliphatic hydroxyl groups excluding tert-OH is 1. The normalized spacial score (nSPS) is 11.3. The molecule has 1 aromatic heterocycles. The Bertz CT molecular complexity index is 640. The molecule has 0 aliphatic carbocycles. The fourth-order valence-electron chi connectivity index (χ4n) is 1.62. The minimum absolute atomic E-state index is 0.0431. The van der Waals surface area contributed by atoms with Crippen LogP contribution in [-0.2, 0) is 0 Å². The Morgan fingerprint density at radius 2 is 2.19 bits per heavy atom. The number of benzene rings is 1. The van der Waals surface area contributed by atoms with Crippen molar-refractivity contribution < 1.29 is 9.90 Å². The molecular formula is C14H15N5O2. The molecule has 7 nitrogen and oxygen atoms in total. The maximum Gasteiger partial charge on any atom is 0.251 e. The SMILES string of the molecule is CC(NC(=O)c1ccc(C#CCCO)cc1)c1nn[nH]n1. The largest absolute Gasteiger partial charge is 0.395 e. The standard InChI is InChI=1S/C14H15N5O2/c1-10(13-16-18-19-17-13)15-14(21)12-7-5-11(6-8-12)4-2-3-9-20/h5-8,10,20H,3,9H2,1H3,(H,15,21)(H,16,17,18,19). The van der Waals surface area contributed by atoms with Crippen molar-refractivity contribution in [3.63, 3.8) is 0 Å². The fraction of sp³-hybridized carbons (Fsp3) is 0.286. The number of aliphatic hydroxyl groups is 1. The molecule has 2 aromatic rings. The number of hydrogen-bond donors (Lipinski definition) is 3. The summed E-state index contributed by atoms with van der Waals surface area (Å²) < 4.78 is 0. The number of H-pyrrole nitrogens is 1. The number of carbonyl (C=O) groups is 1. The summed E-state index contributed by atoms with van der Waals surface area (Å²) in [5.41, 5.74) is 1.32. The maximum absolute atomic E-state index is 12.1. The third-order valence-electron chi connectivity index (χ3n) is 2.71. The predicted octanol–water partition coefficient (Wildman–Crippen LogP) is 0.425. The Kier molecular flexibility index (Phi) is 5.01. The zero-order chi connectivity index (χ0) is 15.1. The number of nitrogens with zero attached hydrogens (tertiary/aromatic N) is 3. The van der Waals surface area contributed by atoms with E-state index in [9.17, 15) is 4.79 Å². The van der Waals surface area contributed by atoms with Crippen molar-refractivity contribution in [3.05, 3.63) is 41.2 Å². The summed E-state index contributed by atoms with van der Waals surface area (Å²) in [6.45, 7) is 1.82. The van der Waals surface area contributed by atoms with Gasteiger partial charge in [0.1, 0.15) is 0 Å². The molecule has 0 fully saturated rings. The summed E-state index contributed by atoms with van der Waals surface area (Å²) >= 11 is 0. The van der Waals surface area contributed by atoms with E-state index in [1.807, 2.05) is 0 Å². The number of tetrazole rings is 1. The molecule has 1 unspecified atom stereocenters. The van der Waals surface area contributed by atoms with Gasteiger partial charge in [0.05, 0.1) is 12.6 Å². The second-order valence-electron chi connectivity index (χ2n) is 4.32. The lowest BCUT2D eigenvalue weighted by Crippen LogP contribution is -2.27. The van der Waals surface area contributed by atoms with Crippen molar-refractivity contribution in [2.75, 3.05) is 6.61 Å². The third-order valence-corrected chi connectivity index (χ3v) is 2.71. The van der Waals surface area contributed by atoms with Crippen molar-refractivity contribution >= 4 is 5.91 Å². The molecule has 0 radical (unpaired) electrons.